The summed E-state index contributed by atoms with van der Waals surface area (Å²) in [7, 11) is 0. The van der Waals surface area contributed by atoms with Crippen LogP contribution in [-0.4, -0.2) is 31.2 Å². The van der Waals surface area contributed by atoms with Gasteiger partial charge in [0.05, 0.1) is 0 Å². The second-order valence-electron chi connectivity index (χ2n) is 4.49. The molecule has 0 aromatic carbocycles. The molecule has 1 saturated heterocycles. The number of hydrogen-bond donors (Lipinski definition) is 3. The van der Waals surface area contributed by atoms with Crippen molar-refractivity contribution in [1.29, 1.82) is 0 Å². The second kappa shape index (κ2) is 3.95. The lowest BCUT2D eigenvalue weighted by molar-refractivity contribution is 0.459. The van der Waals surface area contributed by atoms with Crippen molar-refractivity contribution in [3.05, 3.63) is 0 Å². The molecule has 1 saturated carbocycles. The van der Waals surface area contributed by atoms with E-state index in [2.05, 4.69) is 10.6 Å². The van der Waals surface area contributed by atoms with Crippen molar-refractivity contribution in [2.45, 2.75) is 43.7 Å². The van der Waals surface area contributed by atoms with Gasteiger partial charge in [-0.05, 0) is 45.2 Å². The zero-order chi connectivity index (χ0) is 9.15. The molecule has 2 aliphatic rings. The lowest BCUT2D eigenvalue weighted by atomic mass is 10.1. The van der Waals surface area contributed by atoms with E-state index in [1.165, 1.54) is 38.6 Å². The van der Waals surface area contributed by atoms with E-state index in [0.29, 0.717) is 5.54 Å². The van der Waals surface area contributed by atoms with Crippen molar-refractivity contribution in [2.75, 3.05) is 19.6 Å². The fourth-order valence-electron chi connectivity index (χ4n) is 2.12. The minimum absolute atomic E-state index is 0.346. The van der Waals surface area contributed by atoms with E-state index in [1.807, 2.05) is 0 Å². The first kappa shape index (κ1) is 9.44. The molecule has 1 heterocycles. The smallest absolute Gasteiger partial charge is 0.0305 e. The molecule has 0 bridgehead atoms. The van der Waals surface area contributed by atoms with Gasteiger partial charge in [0.2, 0.25) is 0 Å². The van der Waals surface area contributed by atoms with Gasteiger partial charge in [-0.3, -0.25) is 0 Å². The van der Waals surface area contributed by atoms with E-state index in [4.69, 9.17) is 5.73 Å². The summed E-state index contributed by atoms with van der Waals surface area (Å²) in [5.41, 5.74) is 6.03. The van der Waals surface area contributed by atoms with Crippen LogP contribution in [0.5, 0.6) is 0 Å². The number of hydrogen-bond acceptors (Lipinski definition) is 3. The van der Waals surface area contributed by atoms with Gasteiger partial charge in [-0.25, -0.2) is 0 Å². The van der Waals surface area contributed by atoms with Crippen LogP contribution in [0.3, 0.4) is 0 Å². The molecule has 4 N–H and O–H groups in total. The van der Waals surface area contributed by atoms with E-state index in [9.17, 15) is 0 Å². The quantitative estimate of drug-likeness (QED) is 0.571. The molecule has 0 amide bonds. The zero-order valence-corrected chi connectivity index (χ0v) is 8.31. The van der Waals surface area contributed by atoms with E-state index in [1.54, 1.807) is 0 Å². The zero-order valence-electron chi connectivity index (χ0n) is 8.31. The normalized spacial score (nSPS) is 30.7. The first-order valence-electron chi connectivity index (χ1n) is 5.53. The van der Waals surface area contributed by atoms with Crippen molar-refractivity contribution in [3.63, 3.8) is 0 Å². The van der Waals surface area contributed by atoms with Crippen LogP contribution in [0.15, 0.2) is 0 Å². The number of nitrogens with two attached hydrogens (primary N) is 1. The minimum atomic E-state index is 0.346. The first-order chi connectivity index (χ1) is 6.35. The molecule has 1 atom stereocenters. The van der Waals surface area contributed by atoms with Crippen molar-refractivity contribution >= 4 is 0 Å². The summed E-state index contributed by atoms with van der Waals surface area (Å²) in [6.07, 6.45) is 6.54. The Balaban J connectivity index is 1.58. The molecule has 3 heteroatoms. The molecule has 0 radical (unpaired) electrons. The monoisotopic (exact) mass is 183 g/mol. The molecule has 1 unspecified atom stereocenters. The summed E-state index contributed by atoms with van der Waals surface area (Å²) in [4.78, 5) is 0. The van der Waals surface area contributed by atoms with Gasteiger partial charge in [-0.1, -0.05) is 0 Å². The van der Waals surface area contributed by atoms with Crippen molar-refractivity contribution < 1.29 is 0 Å². The largest absolute Gasteiger partial charge is 0.329 e. The van der Waals surface area contributed by atoms with Crippen LogP contribution in [0.2, 0.25) is 0 Å². The Morgan fingerprint density at radius 3 is 2.85 bits per heavy atom. The third-order valence-electron chi connectivity index (χ3n) is 3.40. The second-order valence-corrected chi connectivity index (χ2v) is 4.49. The summed E-state index contributed by atoms with van der Waals surface area (Å²) in [6.45, 7) is 3.16. The highest BCUT2D eigenvalue weighted by atomic mass is 15.0. The van der Waals surface area contributed by atoms with Crippen LogP contribution in [0.4, 0.5) is 0 Å². The molecule has 0 aromatic rings. The highest BCUT2D eigenvalue weighted by molar-refractivity contribution is 5.02. The van der Waals surface area contributed by atoms with Gasteiger partial charge >= 0.3 is 0 Å². The third-order valence-corrected chi connectivity index (χ3v) is 3.40. The SMILES string of the molecule is NCC1(NCCC2CCCN2)CC1. The molecule has 0 aromatic heterocycles. The van der Waals surface area contributed by atoms with Crippen molar-refractivity contribution in [1.82, 2.24) is 10.6 Å². The fraction of sp³-hybridized carbons (Fsp3) is 1.00. The average molecular weight is 183 g/mol. The molecule has 2 fully saturated rings. The first-order valence-corrected chi connectivity index (χ1v) is 5.53. The summed E-state index contributed by atoms with van der Waals surface area (Å²) in [5.74, 6) is 0. The Bertz CT molecular complexity index is 160. The third kappa shape index (κ3) is 2.42. The van der Waals surface area contributed by atoms with Crippen LogP contribution in [0, 0.1) is 0 Å². The van der Waals surface area contributed by atoms with Gasteiger partial charge in [0, 0.05) is 18.1 Å². The molecule has 1 aliphatic heterocycles. The minimum Gasteiger partial charge on any atom is -0.329 e. The molecule has 13 heavy (non-hydrogen) atoms. The maximum absolute atomic E-state index is 5.68. The van der Waals surface area contributed by atoms with E-state index in [0.717, 1.165) is 19.1 Å². The summed E-state index contributed by atoms with van der Waals surface area (Å²) in [6, 6.07) is 0.765. The molecular formula is C10H21N3. The average Bonchev–Trinajstić information content (AvgIpc) is 2.74. The van der Waals surface area contributed by atoms with Gasteiger partial charge in [0.25, 0.3) is 0 Å². The van der Waals surface area contributed by atoms with Gasteiger partial charge in [0.15, 0.2) is 0 Å². The predicted molar refractivity (Wildman–Crippen MR) is 54.7 cm³/mol. The standard InChI is InChI=1S/C10H21N3/c11-8-10(4-5-10)13-7-3-9-2-1-6-12-9/h9,12-13H,1-8,11H2. The van der Waals surface area contributed by atoms with Crippen molar-refractivity contribution in [3.8, 4) is 0 Å². The van der Waals surface area contributed by atoms with Gasteiger partial charge in [-0.15, -0.1) is 0 Å². The molecule has 1 aliphatic carbocycles. The van der Waals surface area contributed by atoms with Gasteiger partial charge in [0.1, 0.15) is 0 Å². The Kier molecular flexibility index (Phi) is 2.86. The highest BCUT2D eigenvalue weighted by Crippen LogP contribution is 2.33. The maximum Gasteiger partial charge on any atom is 0.0305 e. The summed E-state index contributed by atoms with van der Waals surface area (Å²) >= 11 is 0. The Labute approximate surface area is 80.5 Å². The Morgan fingerprint density at radius 2 is 2.31 bits per heavy atom. The Hall–Kier alpha value is -0.120. The highest BCUT2D eigenvalue weighted by Gasteiger charge is 2.40. The van der Waals surface area contributed by atoms with E-state index in [-0.39, 0.29) is 0 Å². The Morgan fingerprint density at radius 1 is 1.46 bits per heavy atom. The number of rotatable bonds is 5. The molecular weight excluding hydrogens is 162 g/mol. The van der Waals surface area contributed by atoms with Crippen LogP contribution >= 0.6 is 0 Å². The van der Waals surface area contributed by atoms with Crippen LogP contribution in [0.1, 0.15) is 32.1 Å². The molecule has 3 nitrogen and oxygen atoms in total. The summed E-state index contributed by atoms with van der Waals surface area (Å²) < 4.78 is 0. The molecule has 0 spiro atoms. The van der Waals surface area contributed by atoms with Gasteiger partial charge in [-0.2, -0.15) is 0 Å². The van der Waals surface area contributed by atoms with Crippen molar-refractivity contribution in [2.24, 2.45) is 5.73 Å². The molecule has 2 rings (SSSR count). The van der Waals surface area contributed by atoms with Crippen LogP contribution in [-0.2, 0) is 0 Å². The number of nitrogens with one attached hydrogen (secondary N) is 2. The fourth-order valence-corrected chi connectivity index (χ4v) is 2.12. The maximum atomic E-state index is 5.68. The van der Waals surface area contributed by atoms with Crippen LogP contribution in [0.25, 0.3) is 0 Å². The van der Waals surface area contributed by atoms with E-state index < -0.39 is 0 Å². The van der Waals surface area contributed by atoms with Gasteiger partial charge < -0.3 is 16.4 Å². The lowest BCUT2D eigenvalue weighted by Gasteiger charge is -2.16. The predicted octanol–water partition coefficient (Wildman–Crippen LogP) is 0.209. The molecule has 76 valence electrons. The topological polar surface area (TPSA) is 50.1 Å². The lowest BCUT2D eigenvalue weighted by Crippen LogP contribution is -2.40. The van der Waals surface area contributed by atoms with E-state index >= 15 is 0 Å². The summed E-state index contributed by atoms with van der Waals surface area (Å²) in [5, 5.41) is 7.09. The van der Waals surface area contributed by atoms with Crippen LogP contribution < -0.4 is 16.4 Å².